The van der Waals surface area contributed by atoms with Crippen LogP contribution in [0.2, 0.25) is 0 Å². The van der Waals surface area contributed by atoms with Gasteiger partial charge in [0.25, 0.3) is 0 Å². The van der Waals surface area contributed by atoms with Crippen LogP contribution in [0.4, 0.5) is 0 Å². The Balaban J connectivity index is 2.03. The number of aromatic nitrogens is 2. The van der Waals surface area contributed by atoms with E-state index in [2.05, 4.69) is 21.8 Å². The second-order valence-electron chi connectivity index (χ2n) is 8.12. The van der Waals surface area contributed by atoms with Gasteiger partial charge in [-0.1, -0.05) is 90.4 Å². The van der Waals surface area contributed by atoms with Crippen molar-refractivity contribution in [1.29, 1.82) is 0 Å². The highest BCUT2D eigenvalue weighted by atomic mass is 32.2. The highest BCUT2D eigenvalue weighted by Crippen LogP contribution is 2.13. The molecule has 1 heterocycles. The van der Waals surface area contributed by atoms with E-state index in [1.165, 1.54) is 70.6 Å². The van der Waals surface area contributed by atoms with Crippen LogP contribution in [-0.4, -0.2) is 23.7 Å². The zero-order valence-electron chi connectivity index (χ0n) is 18.8. The predicted octanol–water partition coefficient (Wildman–Crippen LogP) is 4.94. The standard InChI is InChI=1S/C22H42N4O2S/c1-4-5-6-7-8-9-10-11-12-13-14-15-16-17-18-29(27,28)25-24-22-19-21(2)23-20-26(22)3/h19-20,25H,4-18H2,1-3H3. The Hall–Kier alpha value is -1.37. The van der Waals surface area contributed by atoms with Crippen molar-refractivity contribution < 1.29 is 8.42 Å². The molecule has 0 aromatic carbocycles. The lowest BCUT2D eigenvalue weighted by atomic mass is 10.0. The Labute approximate surface area is 178 Å². The van der Waals surface area contributed by atoms with E-state index in [0.717, 1.165) is 18.5 Å². The minimum absolute atomic E-state index is 0.127. The molecular formula is C22H42N4O2S. The van der Waals surface area contributed by atoms with Gasteiger partial charge in [-0.3, -0.25) is 0 Å². The Kier molecular flexibility index (Phi) is 13.7. The number of sulfonamides is 1. The van der Waals surface area contributed by atoms with Crippen molar-refractivity contribution >= 4 is 10.0 Å². The van der Waals surface area contributed by atoms with Crippen LogP contribution in [0.25, 0.3) is 0 Å². The van der Waals surface area contributed by atoms with Crippen LogP contribution < -0.4 is 10.3 Å². The SMILES string of the molecule is CCCCCCCCCCCCCCCCS(=O)(=O)NN=c1cc(C)ncn1C. The summed E-state index contributed by atoms with van der Waals surface area (Å²) in [5, 5.41) is 4.01. The number of unbranched alkanes of at least 4 members (excludes halogenated alkanes) is 13. The average molecular weight is 427 g/mol. The van der Waals surface area contributed by atoms with Crippen molar-refractivity contribution in [3.05, 3.63) is 23.6 Å². The van der Waals surface area contributed by atoms with Gasteiger partial charge in [0.2, 0.25) is 10.0 Å². The molecule has 0 atom stereocenters. The van der Waals surface area contributed by atoms with Crippen molar-refractivity contribution in [1.82, 2.24) is 14.4 Å². The van der Waals surface area contributed by atoms with Gasteiger partial charge in [0.15, 0.2) is 5.49 Å². The molecule has 0 saturated carbocycles. The van der Waals surface area contributed by atoms with Crippen LogP contribution in [0.5, 0.6) is 0 Å². The zero-order chi connectivity index (χ0) is 21.4. The topological polar surface area (TPSA) is 76.3 Å². The van der Waals surface area contributed by atoms with E-state index >= 15 is 0 Å². The number of aryl methyl sites for hydroxylation is 2. The number of nitrogens with zero attached hydrogens (tertiary/aromatic N) is 3. The van der Waals surface area contributed by atoms with Crippen molar-refractivity contribution in [3.8, 4) is 0 Å². The Bertz CT molecular complexity index is 714. The third-order valence-corrected chi connectivity index (χ3v) is 6.40. The van der Waals surface area contributed by atoms with Gasteiger partial charge in [-0.2, -0.15) is 0 Å². The van der Waals surface area contributed by atoms with Gasteiger partial charge in [-0.25, -0.2) is 18.2 Å². The lowest BCUT2D eigenvalue weighted by Gasteiger charge is -2.05. The van der Waals surface area contributed by atoms with Gasteiger partial charge in [-0.15, -0.1) is 5.10 Å². The van der Waals surface area contributed by atoms with Gasteiger partial charge >= 0.3 is 0 Å². The van der Waals surface area contributed by atoms with E-state index in [0.29, 0.717) is 11.9 Å². The summed E-state index contributed by atoms with van der Waals surface area (Å²) in [7, 11) is -1.59. The van der Waals surface area contributed by atoms with Crippen LogP contribution in [0.3, 0.4) is 0 Å². The first-order valence-corrected chi connectivity index (χ1v) is 13.1. The number of rotatable bonds is 17. The summed E-state index contributed by atoms with van der Waals surface area (Å²) in [6.45, 7) is 4.11. The maximum Gasteiger partial charge on any atom is 0.247 e. The smallest absolute Gasteiger partial charge is 0.247 e. The fourth-order valence-corrected chi connectivity index (χ4v) is 4.23. The normalized spacial score (nSPS) is 12.4. The minimum atomic E-state index is -3.38. The van der Waals surface area contributed by atoms with E-state index in [4.69, 9.17) is 0 Å². The van der Waals surface area contributed by atoms with Crippen LogP contribution in [0, 0.1) is 6.92 Å². The highest BCUT2D eigenvalue weighted by molar-refractivity contribution is 7.89. The maximum atomic E-state index is 12.1. The molecule has 0 saturated heterocycles. The van der Waals surface area contributed by atoms with Crippen LogP contribution in [0.15, 0.2) is 17.5 Å². The monoisotopic (exact) mass is 426 g/mol. The molecule has 0 spiro atoms. The first-order chi connectivity index (χ1) is 13.9. The molecule has 0 fully saturated rings. The number of hydrogen-bond donors (Lipinski definition) is 1. The van der Waals surface area contributed by atoms with E-state index in [1.54, 1.807) is 24.0 Å². The van der Waals surface area contributed by atoms with Crippen LogP contribution in [-0.2, 0) is 17.1 Å². The van der Waals surface area contributed by atoms with Crippen molar-refractivity contribution in [2.45, 2.75) is 104 Å². The molecule has 0 radical (unpaired) electrons. The Morgan fingerprint density at radius 1 is 0.897 bits per heavy atom. The minimum Gasteiger partial charge on any atom is -0.319 e. The molecule has 0 unspecified atom stereocenters. The fourth-order valence-electron chi connectivity index (χ4n) is 3.32. The van der Waals surface area contributed by atoms with Crippen molar-refractivity contribution in [2.75, 3.05) is 5.75 Å². The summed E-state index contributed by atoms with van der Waals surface area (Å²) in [5.74, 6) is 0.127. The number of nitrogens with one attached hydrogen (secondary N) is 1. The van der Waals surface area contributed by atoms with Gasteiger partial charge in [0, 0.05) is 18.8 Å². The van der Waals surface area contributed by atoms with E-state index < -0.39 is 10.0 Å². The summed E-state index contributed by atoms with van der Waals surface area (Å²) in [4.78, 5) is 6.47. The zero-order valence-corrected chi connectivity index (χ0v) is 19.6. The predicted molar refractivity (Wildman–Crippen MR) is 121 cm³/mol. The molecule has 0 aliphatic carbocycles. The molecule has 1 aromatic rings. The summed E-state index contributed by atoms with van der Waals surface area (Å²) >= 11 is 0. The van der Waals surface area contributed by atoms with Crippen LogP contribution >= 0.6 is 0 Å². The maximum absolute atomic E-state index is 12.1. The summed E-state index contributed by atoms with van der Waals surface area (Å²) in [6, 6.07) is 1.75. The molecule has 0 amide bonds. The highest BCUT2D eigenvalue weighted by Gasteiger charge is 2.08. The molecule has 168 valence electrons. The van der Waals surface area contributed by atoms with Gasteiger partial charge in [0.1, 0.15) is 0 Å². The Morgan fingerprint density at radius 3 is 1.90 bits per heavy atom. The molecule has 1 rings (SSSR count). The fraction of sp³-hybridized carbons (Fsp3) is 0.818. The lowest BCUT2D eigenvalue weighted by Crippen LogP contribution is -2.28. The molecule has 0 aliphatic rings. The Morgan fingerprint density at radius 2 is 1.38 bits per heavy atom. The third kappa shape index (κ3) is 13.5. The summed E-state index contributed by atoms with van der Waals surface area (Å²) < 4.78 is 25.9. The molecule has 1 N–H and O–H groups in total. The van der Waals surface area contributed by atoms with Gasteiger partial charge < -0.3 is 4.57 Å². The molecule has 7 heteroatoms. The van der Waals surface area contributed by atoms with Gasteiger partial charge in [0.05, 0.1) is 12.1 Å². The first kappa shape index (κ1) is 25.7. The average Bonchev–Trinajstić information content (AvgIpc) is 2.69. The number of hydrogen-bond acceptors (Lipinski definition) is 4. The molecule has 0 bridgehead atoms. The third-order valence-electron chi connectivity index (χ3n) is 5.20. The largest absolute Gasteiger partial charge is 0.319 e. The first-order valence-electron chi connectivity index (χ1n) is 11.5. The second kappa shape index (κ2) is 15.5. The van der Waals surface area contributed by atoms with E-state index in [9.17, 15) is 8.42 Å². The molecule has 6 nitrogen and oxygen atoms in total. The quantitative estimate of drug-likeness (QED) is 0.283. The van der Waals surface area contributed by atoms with Crippen molar-refractivity contribution in [2.24, 2.45) is 12.1 Å². The summed E-state index contributed by atoms with van der Waals surface area (Å²) in [5.41, 5.74) is 1.34. The lowest BCUT2D eigenvalue weighted by molar-refractivity contribution is 0.536. The van der Waals surface area contributed by atoms with Crippen LogP contribution in [0.1, 0.15) is 103 Å². The molecule has 0 aliphatic heterocycles. The molecule has 1 aromatic heterocycles. The van der Waals surface area contributed by atoms with E-state index in [1.807, 2.05) is 6.92 Å². The van der Waals surface area contributed by atoms with E-state index in [-0.39, 0.29) is 5.75 Å². The van der Waals surface area contributed by atoms with Gasteiger partial charge in [-0.05, 0) is 13.3 Å². The molecule has 29 heavy (non-hydrogen) atoms. The van der Waals surface area contributed by atoms with Crippen molar-refractivity contribution in [3.63, 3.8) is 0 Å². The second-order valence-corrected chi connectivity index (χ2v) is 9.94. The molecular weight excluding hydrogens is 384 g/mol. The summed E-state index contributed by atoms with van der Waals surface area (Å²) in [6.07, 6.45) is 19.2.